The first-order valence-corrected chi connectivity index (χ1v) is 9.06. The van der Waals surface area contributed by atoms with E-state index in [1.807, 2.05) is 0 Å². The van der Waals surface area contributed by atoms with Gasteiger partial charge in [0.05, 0.1) is 12.8 Å². The number of nitrogen functional groups attached to an aromatic ring is 1. The number of rotatable bonds is 3. The summed E-state index contributed by atoms with van der Waals surface area (Å²) in [6, 6.07) is 1.17. The summed E-state index contributed by atoms with van der Waals surface area (Å²) in [6.45, 7) is 1.25. The number of nitrogens with one attached hydrogen (secondary N) is 1. The zero-order chi connectivity index (χ0) is 18.3. The molecule has 0 radical (unpaired) electrons. The number of aromatic amines is 1. The Bertz CT molecular complexity index is 882. The van der Waals surface area contributed by atoms with Crippen LogP contribution in [0, 0.1) is 5.41 Å². The highest BCUT2D eigenvalue weighted by Crippen LogP contribution is 2.46. The Hall–Kier alpha value is -2.42. The standard InChI is InChI=1S/C17H24N6O3/c1-26-14(25)12-8-17(5-3-2-4-6-17)10-22(12)9-11-7-13(24)23-16(19-11)20-15(18)21-23/h7,12H,2-6,8-10H2,1H3,(H3,18,19,20,21). The van der Waals surface area contributed by atoms with Crippen molar-refractivity contribution < 1.29 is 9.53 Å². The molecular weight excluding hydrogens is 336 g/mol. The minimum atomic E-state index is -0.289. The molecule has 140 valence electrons. The molecule has 2 aromatic rings. The molecule has 9 nitrogen and oxygen atoms in total. The van der Waals surface area contributed by atoms with E-state index in [1.54, 1.807) is 0 Å². The monoisotopic (exact) mass is 360 g/mol. The highest BCUT2D eigenvalue weighted by molar-refractivity contribution is 5.76. The van der Waals surface area contributed by atoms with Crippen molar-refractivity contribution in [2.24, 2.45) is 5.41 Å². The maximum absolute atomic E-state index is 12.3. The minimum absolute atomic E-state index is 0.140. The summed E-state index contributed by atoms with van der Waals surface area (Å²) in [5, 5.41) is 2.65. The molecule has 4 rings (SSSR count). The molecule has 0 aromatic carbocycles. The van der Waals surface area contributed by atoms with Gasteiger partial charge in [-0.3, -0.25) is 19.6 Å². The van der Waals surface area contributed by atoms with Crippen LogP contribution < -0.4 is 11.3 Å². The van der Waals surface area contributed by atoms with Gasteiger partial charge in [0, 0.05) is 19.2 Å². The van der Waals surface area contributed by atoms with Crippen molar-refractivity contribution in [3.05, 3.63) is 22.1 Å². The minimum Gasteiger partial charge on any atom is -0.468 e. The van der Waals surface area contributed by atoms with E-state index >= 15 is 0 Å². The summed E-state index contributed by atoms with van der Waals surface area (Å²) in [5.41, 5.74) is 6.10. The molecule has 26 heavy (non-hydrogen) atoms. The number of methoxy groups -OCH3 is 1. The third kappa shape index (κ3) is 2.96. The van der Waals surface area contributed by atoms with Crippen LogP contribution in [0.5, 0.6) is 0 Å². The lowest BCUT2D eigenvalue weighted by Crippen LogP contribution is -2.37. The maximum Gasteiger partial charge on any atom is 0.323 e. The van der Waals surface area contributed by atoms with Crippen molar-refractivity contribution in [1.29, 1.82) is 0 Å². The van der Waals surface area contributed by atoms with Crippen LogP contribution in [-0.2, 0) is 16.1 Å². The van der Waals surface area contributed by atoms with E-state index in [-0.39, 0.29) is 34.7 Å². The number of ether oxygens (including phenoxy) is 1. The molecular formula is C17H24N6O3. The second kappa shape index (κ2) is 6.39. The molecule has 1 aliphatic heterocycles. The van der Waals surface area contributed by atoms with E-state index < -0.39 is 0 Å². The molecule has 2 aromatic heterocycles. The Morgan fingerprint density at radius 1 is 1.38 bits per heavy atom. The Morgan fingerprint density at radius 3 is 2.88 bits per heavy atom. The van der Waals surface area contributed by atoms with Gasteiger partial charge in [-0.2, -0.15) is 9.50 Å². The largest absolute Gasteiger partial charge is 0.468 e. The highest BCUT2D eigenvalue weighted by Gasteiger charge is 2.47. The average molecular weight is 360 g/mol. The highest BCUT2D eigenvalue weighted by atomic mass is 16.5. The molecule has 9 heteroatoms. The maximum atomic E-state index is 12.3. The SMILES string of the molecule is COC(=O)C1CC2(CCCCC2)CN1Cc1cc(=O)n2[nH]c(N)nc2n1. The lowest BCUT2D eigenvalue weighted by Gasteiger charge is -2.33. The molecule has 2 aliphatic rings. The lowest BCUT2D eigenvalue weighted by atomic mass is 9.73. The number of esters is 1. The summed E-state index contributed by atoms with van der Waals surface area (Å²) in [5.74, 6) is 0.168. The first-order chi connectivity index (χ1) is 12.5. The summed E-state index contributed by atoms with van der Waals surface area (Å²) < 4.78 is 6.24. The summed E-state index contributed by atoms with van der Waals surface area (Å²) in [4.78, 5) is 35.1. The van der Waals surface area contributed by atoms with Gasteiger partial charge < -0.3 is 10.5 Å². The van der Waals surface area contributed by atoms with Gasteiger partial charge in [-0.15, -0.1) is 0 Å². The molecule has 1 saturated heterocycles. The van der Waals surface area contributed by atoms with Crippen molar-refractivity contribution in [3.63, 3.8) is 0 Å². The summed E-state index contributed by atoms with van der Waals surface area (Å²) in [7, 11) is 1.43. The smallest absolute Gasteiger partial charge is 0.323 e. The van der Waals surface area contributed by atoms with E-state index in [1.165, 1.54) is 37.0 Å². The van der Waals surface area contributed by atoms with Gasteiger partial charge in [-0.25, -0.2) is 4.98 Å². The van der Waals surface area contributed by atoms with Crippen LogP contribution in [0.1, 0.15) is 44.2 Å². The number of carbonyl (C=O) groups excluding carboxylic acids is 1. The number of hydrogen-bond acceptors (Lipinski definition) is 7. The molecule has 2 fully saturated rings. The lowest BCUT2D eigenvalue weighted by molar-refractivity contribution is -0.146. The van der Waals surface area contributed by atoms with Gasteiger partial charge in [0.15, 0.2) is 0 Å². The number of anilines is 1. The van der Waals surface area contributed by atoms with E-state index in [2.05, 4.69) is 20.0 Å². The van der Waals surface area contributed by atoms with Crippen LogP contribution in [0.15, 0.2) is 10.9 Å². The number of aromatic nitrogens is 4. The quantitative estimate of drug-likeness (QED) is 0.773. The number of nitrogens with two attached hydrogens (primary N) is 1. The molecule has 3 N–H and O–H groups in total. The fraction of sp³-hybridized carbons (Fsp3) is 0.647. The number of fused-ring (bicyclic) bond motifs is 1. The zero-order valence-corrected chi connectivity index (χ0v) is 14.9. The fourth-order valence-electron chi connectivity index (χ4n) is 4.58. The van der Waals surface area contributed by atoms with Crippen molar-refractivity contribution in [2.45, 2.75) is 51.1 Å². The number of nitrogens with zero attached hydrogens (tertiary/aromatic N) is 4. The number of likely N-dealkylation sites (tertiary alicyclic amines) is 1. The number of H-pyrrole nitrogens is 1. The first-order valence-electron chi connectivity index (χ1n) is 9.06. The van der Waals surface area contributed by atoms with E-state index in [4.69, 9.17) is 10.5 Å². The fourth-order valence-corrected chi connectivity index (χ4v) is 4.58. The molecule has 1 spiro atoms. The Morgan fingerprint density at radius 2 is 2.15 bits per heavy atom. The van der Waals surface area contributed by atoms with Gasteiger partial charge in [-0.1, -0.05) is 19.3 Å². The molecule has 0 bridgehead atoms. The van der Waals surface area contributed by atoms with Crippen molar-refractivity contribution in [1.82, 2.24) is 24.5 Å². The van der Waals surface area contributed by atoms with E-state index in [0.717, 1.165) is 25.8 Å². The Labute approximate surface area is 150 Å². The normalized spacial score (nSPS) is 22.9. The summed E-state index contributed by atoms with van der Waals surface area (Å²) >= 11 is 0. The first kappa shape index (κ1) is 17.0. The predicted molar refractivity (Wildman–Crippen MR) is 94.4 cm³/mol. The second-order valence-electron chi connectivity index (χ2n) is 7.54. The third-order valence-electron chi connectivity index (χ3n) is 5.76. The molecule has 0 amide bonds. The Balaban J connectivity index is 1.62. The van der Waals surface area contributed by atoms with Crippen LogP contribution in [0.25, 0.3) is 5.78 Å². The average Bonchev–Trinajstić information content (AvgIpc) is 3.15. The molecule has 1 saturated carbocycles. The molecule has 1 unspecified atom stereocenters. The van der Waals surface area contributed by atoms with Gasteiger partial charge in [0.25, 0.3) is 11.3 Å². The zero-order valence-electron chi connectivity index (χ0n) is 14.9. The third-order valence-corrected chi connectivity index (χ3v) is 5.76. The number of hydrogen-bond donors (Lipinski definition) is 2. The van der Waals surface area contributed by atoms with Gasteiger partial charge >= 0.3 is 5.97 Å². The van der Waals surface area contributed by atoms with Crippen LogP contribution in [0.2, 0.25) is 0 Å². The predicted octanol–water partition coefficient (Wildman–Crippen LogP) is 0.698. The van der Waals surface area contributed by atoms with Gasteiger partial charge in [-0.05, 0) is 24.7 Å². The Kier molecular flexibility index (Phi) is 4.18. The topological polar surface area (TPSA) is 119 Å². The van der Waals surface area contributed by atoms with Crippen LogP contribution >= 0.6 is 0 Å². The molecule has 1 atom stereocenters. The summed E-state index contributed by atoms with van der Waals surface area (Å²) in [6.07, 6.45) is 6.78. The second-order valence-corrected chi connectivity index (χ2v) is 7.54. The van der Waals surface area contributed by atoms with Crippen molar-refractivity contribution in [3.8, 4) is 0 Å². The van der Waals surface area contributed by atoms with Crippen LogP contribution in [-0.4, -0.2) is 50.1 Å². The van der Waals surface area contributed by atoms with Gasteiger partial charge in [0.1, 0.15) is 6.04 Å². The molecule has 3 heterocycles. The van der Waals surface area contributed by atoms with Crippen molar-refractivity contribution >= 4 is 17.7 Å². The molecule has 1 aliphatic carbocycles. The van der Waals surface area contributed by atoms with Crippen LogP contribution in [0.4, 0.5) is 5.95 Å². The number of carbonyl (C=O) groups is 1. The van der Waals surface area contributed by atoms with Crippen molar-refractivity contribution in [2.75, 3.05) is 19.4 Å². The van der Waals surface area contributed by atoms with Crippen LogP contribution in [0.3, 0.4) is 0 Å². The van der Waals surface area contributed by atoms with E-state index in [0.29, 0.717) is 12.2 Å². The van der Waals surface area contributed by atoms with E-state index in [9.17, 15) is 9.59 Å². The van der Waals surface area contributed by atoms with Gasteiger partial charge in [0.2, 0.25) is 5.95 Å².